The van der Waals surface area contributed by atoms with Crippen molar-refractivity contribution in [3.8, 4) is 22.1 Å². The lowest BCUT2D eigenvalue weighted by Crippen LogP contribution is -1.98. The lowest BCUT2D eigenvalue weighted by atomic mass is 10.1. The molecule has 2 aromatic heterocycles. The largest absolute Gasteiger partial charge is 0.476 e. The molecule has 0 radical (unpaired) electrons. The average Bonchev–Trinajstić information content (AvgIpc) is 3.08. The van der Waals surface area contributed by atoms with Gasteiger partial charge < -0.3 is 9.52 Å². The fourth-order valence-electron chi connectivity index (χ4n) is 1.87. The molecule has 0 saturated carbocycles. The maximum atomic E-state index is 11.3. The van der Waals surface area contributed by atoms with Crippen LogP contribution in [0.2, 0.25) is 0 Å². The van der Waals surface area contributed by atoms with Crippen molar-refractivity contribution in [2.45, 2.75) is 6.92 Å². The van der Waals surface area contributed by atoms with Crippen LogP contribution < -0.4 is 0 Å². The number of aromatic nitrogens is 1. The van der Waals surface area contributed by atoms with Crippen LogP contribution in [0.3, 0.4) is 0 Å². The van der Waals surface area contributed by atoms with Crippen LogP contribution >= 0.6 is 11.3 Å². The summed E-state index contributed by atoms with van der Waals surface area (Å²) in [6, 6.07) is 11.2. The van der Waals surface area contributed by atoms with E-state index in [2.05, 4.69) is 4.98 Å². The Kier molecular flexibility index (Phi) is 3.12. The molecule has 0 unspecified atom stereocenters. The smallest absolute Gasteiger partial charge is 0.358 e. The minimum absolute atomic E-state index is 0.0581. The van der Waals surface area contributed by atoms with Crippen molar-refractivity contribution in [1.82, 2.24) is 4.98 Å². The first kappa shape index (κ1) is 12.6. The van der Waals surface area contributed by atoms with E-state index >= 15 is 0 Å². The van der Waals surface area contributed by atoms with Gasteiger partial charge in [-0.3, -0.25) is 0 Å². The zero-order valence-electron chi connectivity index (χ0n) is 10.7. The summed E-state index contributed by atoms with van der Waals surface area (Å²) < 4.78 is 5.66. The van der Waals surface area contributed by atoms with E-state index in [1.807, 2.05) is 48.7 Å². The number of carbonyl (C=O) groups is 1. The lowest BCUT2D eigenvalue weighted by Gasteiger charge is -1.98. The van der Waals surface area contributed by atoms with Gasteiger partial charge in [-0.25, -0.2) is 9.78 Å². The minimum Gasteiger partial charge on any atom is -0.476 e. The van der Waals surface area contributed by atoms with Crippen molar-refractivity contribution in [2.75, 3.05) is 0 Å². The van der Waals surface area contributed by atoms with Crippen LogP contribution in [0.15, 0.2) is 46.2 Å². The molecule has 3 aromatic rings. The number of nitrogens with zero attached hydrogens (tertiary/aromatic N) is 1. The minimum atomic E-state index is -1.09. The van der Waals surface area contributed by atoms with Gasteiger partial charge >= 0.3 is 5.97 Å². The average molecular weight is 285 g/mol. The fourth-order valence-corrected chi connectivity index (χ4v) is 2.52. The summed E-state index contributed by atoms with van der Waals surface area (Å²) in [4.78, 5) is 16.2. The molecule has 0 saturated heterocycles. The van der Waals surface area contributed by atoms with Crippen LogP contribution in [-0.2, 0) is 0 Å². The molecule has 1 aromatic carbocycles. The highest BCUT2D eigenvalue weighted by Gasteiger charge is 2.21. The maximum absolute atomic E-state index is 11.3. The molecule has 0 aliphatic carbocycles. The Morgan fingerprint density at radius 2 is 2.00 bits per heavy atom. The van der Waals surface area contributed by atoms with Crippen molar-refractivity contribution in [3.63, 3.8) is 0 Å². The van der Waals surface area contributed by atoms with E-state index in [0.717, 1.165) is 10.4 Å². The number of benzene rings is 1. The Bertz CT molecular complexity index is 742. The summed E-state index contributed by atoms with van der Waals surface area (Å²) in [5.74, 6) is -0.457. The summed E-state index contributed by atoms with van der Waals surface area (Å²) in [5, 5.41) is 11.2. The molecule has 2 heterocycles. The third kappa shape index (κ3) is 2.23. The van der Waals surface area contributed by atoms with Crippen molar-refractivity contribution in [2.24, 2.45) is 0 Å². The predicted octanol–water partition coefficient (Wildman–Crippen LogP) is 4.08. The number of carboxylic acids is 1. The molecule has 20 heavy (non-hydrogen) atoms. The summed E-state index contributed by atoms with van der Waals surface area (Å²) in [6.07, 6.45) is 0. The fraction of sp³-hybridized carbons (Fsp3) is 0.0667. The third-order valence-corrected chi connectivity index (χ3v) is 3.73. The molecule has 0 spiro atoms. The zero-order chi connectivity index (χ0) is 14.1. The Hall–Kier alpha value is -2.40. The summed E-state index contributed by atoms with van der Waals surface area (Å²) >= 11 is 1.46. The lowest BCUT2D eigenvalue weighted by molar-refractivity contribution is 0.0691. The quantitative estimate of drug-likeness (QED) is 0.787. The number of aryl methyl sites for hydroxylation is 1. The van der Waals surface area contributed by atoms with E-state index < -0.39 is 5.97 Å². The number of hydrogen-bond donors (Lipinski definition) is 1. The summed E-state index contributed by atoms with van der Waals surface area (Å²) in [7, 11) is 0. The Labute approximate surface area is 119 Å². The summed E-state index contributed by atoms with van der Waals surface area (Å²) in [5.41, 5.74) is 1.75. The molecule has 0 aliphatic rings. The first-order valence-corrected chi connectivity index (χ1v) is 6.88. The number of thiophene rings is 1. The molecule has 0 atom stereocenters. The van der Waals surface area contributed by atoms with E-state index in [1.54, 1.807) is 0 Å². The first-order chi connectivity index (χ1) is 9.65. The number of hydrogen-bond acceptors (Lipinski definition) is 4. The molecule has 4 nitrogen and oxygen atoms in total. The normalized spacial score (nSPS) is 10.7. The second-order valence-corrected chi connectivity index (χ2v) is 5.29. The second-order valence-electron chi connectivity index (χ2n) is 4.35. The van der Waals surface area contributed by atoms with Gasteiger partial charge in [0.25, 0.3) is 0 Å². The SMILES string of the molecule is Cc1ccc(-c2oc(-c3cccs3)nc2C(=O)O)cc1. The van der Waals surface area contributed by atoms with Gasteiger partial charge in [0.05, 0.1) is 4.88 Å². The van der Waals surface area contributed by atoms with Crippen LogP contribution in [0.25, 0.3) is 22.1 Å². The highest BCUT2D eigenvalue weighted by Crippen LogP contribution is 2.32. The Morgan fingerprint density at radius 3 is 2.60 bits per heavy atom. The van der Waals surface area contributed by atoms with Crippen molar-refractivity contribution < 1.29 is 14.3 Å². The molecular weight excluding hydrogens is 274 g/mol. The van der Waals surface area contributed by atoms with Crippen LogP contribution in [0.4, 0.5) is 0 Å². The van der Waals surface area contributed by atoms with Crippen molar-refractivity contribution >= 4 is 17.3 Å². The van der Waals surface area contributed by atoms with E-state index in [9.17, 15) is 9.90 Å². The molecule has 0 bridgehead atoms. The highest BCUT2D eigenvalue weighted by molar-refractivity contribution is 7.13. The van der Waals surface area contributed by atoms with Gasteiger partial charge in [-0.1, -0.05) is 35.9 Å². The van der Waals surface area contributed by atoms with E-state index in [1.165, 1.54) is 11.3 Å². The topological polar surface area (TPSA) is 63.3 Å². The number of oxazole rings is 1. The Balaban J connectivity index is 2.14. The first-order valence-electron chi connectivity index (χ1n) is 6.00. The van der Waals surface area contributed by atoms with Gasteiger partial charge in [-0.15, -0.1) is 11.3 Å². The van der Waals surface area contributed by atoms with Gasteiger partial charge in [-0.2, -0.15) is 0 Å². The van der Waals surface area contributed by atoms with Crippen LogP contribution in [0, 0.1) is 6.92 Å². The number of carboxylic acid groups (broad SMARTS) is 1. The van der Waals surface area contributed by atoms with Gasteiger partial charge in [0.2, 0.25) is 5.89 Å². The standard InChI is InChI=1S/C15H11NO3S/c1-9-4-6-10(7-5-9)13-12(15(17)18)16-14(19-13)11-3-2-8-20-11/h2-8H,1H3,(H,17,18). The van der Waals surface area contributed by atoms with Gasteiger partial charge in [0.1, 0.15) is 0 Å². The number of aromatic carboxylic acids is 1. The van der Waals surface area contributed by atoms with Crippen LogP contribution in [0.5, 0.6) is 0 Å². The maximum Gasteiger partial charge on any atom is 0.358 e. The summed E-state index contributed by atoms with van der Waals surface area (Å²) in [6.45, 7) is 1.97. The van der Waals surface area contributed by atoms with Crippen LogP contribution in [0.1, 0.15) is 16.1 Å². The third-order valence-electron chi connectivity index (χ3n) is 2.88. The second kappa shape index (κ2) is 4.94. The molecule has 100 valence electrons. The van der Waals surface area contributed by atoms with Crippen molar-refractivity contribution in [1.29, 1.82) is 0 Å². The van der Waals surface area contributed by atoms with Crippen molar-refractivity contribution in [3.05, 3.63) is 53.0 Å². The molecule has 0 fully saturated rings. The number of rotatable bonds is 3. The monoisotopic (exact) mass is 285 g/mol. The molecule has 0 aliphatic heterocycles. The van der Waals surface area contributed by atoms with Gasteiger partial charge in [0.15, 0.2) is 11.5 Å². The van der Waals surface area contributed by atoms with E-state index in [0.29, 0.717) is 17.2 Å². The zero-order valence-corrected chi connectivity index (χ0v) is 11.5. The van der Waals surface area contributed by atoms with Gasteiger partial charge in [-0.05, 0) is 18.4 Å². The van der Waals surface area contributed by atoms with E-state index in [4.69, 9.17) is 4.42 Å². The molecule has 3 rings (SSSR count). The highest BCUT2D eigenvalue weighted by atomic mass is 32.1. The van der Waals surface area contributed by atoms with Crippen LogP contribution in [-0.4, -0.2) is 16.1 Å². The predicted molar refractivity (Wildman–Crippen MR) is 76.9 cm³/mol. The molecular formula is C15H11NO3S. The molecule has 0 amide bonds. The Morgan fingerprint density at radius 1 is 1.25 bits per heavy atom. The van der Waals surface area contributed by atoms with E-state index in [-0.39, 0.29) is 5.69 Å². The molecule has 5 heteroatoms. The van der Waals surface area contributed by atoms with Gasteiger partial charge in [0, 0.05) is 5.56 Å². The molecule has 1 N–H and O–H groups in total.